The van der Waals surface area contributed by atoms with Crippen LogP contribution >= 0.6 is 15.9 Å². The van der Waals surface area contributed by atoms with Gasteiger partial charge in [-0.2, -0.15) is 0 Å². The zero-order valence-corrected chi connectivity index (χ0v) is 12.6. The van der Waals surface area contributed by atoms with Gasteiger partial charge in [0.1, 0.15) is 21.8 Å². The lowest BCUT2D eigenvalue weighted by Crippen LogP contribution is -2.14. The van der Waals surface area contributed by atoms with Gasteiger partial charge in [-0.3, -0.25) is 4.79 Å². The summed E-state index contributed by atoms with van der Waals surface area (Å²) in [5, 5.41) is 2.75. The normalized spacial score (nSPS) is 9.95. The van der Waals surface area contributed by atoms with Crippen LogP contribution in [0.4, 0.5) is 5.69 Å². The molecule has 0 aliphatic rings. The number of benzene rings is 1. The number of ether oxygens (including phenoxy) is 2. The molecule has 0 atom stereocenters. The maximum atomic E-state index is 12.1. The highest BCUT2D eigenvalue weighted by Crippen LogP contribution is 2.29. The molecule has 0 unspecified atom stereocenters. The van der Waals surface area contributed by atoms with E-state index in [0.29, 0.717) is 27.5 Å². The van der Waals surface area contributed by atoms with E-state index in [-0.39, 0.29) is 5.91 Å². The van der Waals surface area contributed by atoms with Gasteiger partial charge in [-0.25, -0.2) is 4.98 Å². The van der Waals surface area contributed by atoms with Crippen molar-refractivity contribution >= 4 is 27.5 Å². The smallest absolute Gasteiger partial charge is 0.274 e. The molecule has 1 heterocycles. The Bertz CT molecular complexity index is 632. The second kappa shape index (κ2) is 6.38. The van der Waals surface area contributed by atoms with Crippen molar-refractivity contribution in [2.75, 3.05) is 19.5 Å². The quantitative estimate of drug-likeness (QED) is 0.871. The van der Waals surface area contributed by atoms with Crippen LogP contribution in [0, 0.1) is 0 Å². The Labute approximate surface area is 125 Å². The number of amides is 1. The minimum Gasteiger partial charge on any atom is -0.497 e. The molecule has 2 rings (SSSR count). The fourth-order valence-corrected chi connectivity index (χ4v) is 1.97. The summed E-state index contributed by atoms with van der Waals surface area (Å²) in [4.78, 5) is 16.2. The van der Waals surface area contributed by atoms with Crippen LogP contribution in [0.25, 0.3) is 0 Å². The predicted molar refractivity (Wildman–Crippen MR) is 79.4 cm³/mol. The van der Waals surface area contributed by atoms with Gasteiger partial charge >= 0.3 is 0 Å². The molecule has 6 heteroatoms. The molecule has 104 valence electrons. The first kappa shape index (κ1) is 14.3. The second-order valence-corrected chi connectivity index (χ2v) is 4.68. The summed E-state index contributed by atoms with van der Waals surface area (Å²) < 4.78 is 10.9. The van der Waals surface area contributed by atoms with Gasteiger partial charge in [0, 0.05) is 6.07 Å². The molecule has 0 saturated carbocycles. The molecule has 1 N–H and O–H groups in total. The van der Waals surface area contributed by atoms with Crippen molar-refractivity contribution in [3.05, 3.63) is 46.7 Å². The molecule has 5 nitrogen and oxygen atoms in total. The average Bonchev–Trinajstić information content (AvgIpc) is 2.47. The summed E-state index contributed by atoms with van der Waals surface area (Å²) in [7, 11) is 3.10. The van der Waals surface area contributed by atoms with Crippen LogP contribution in [0.2, 0.25) is 0 Å². The molecule has 0 saturated heterocycles. The fourth-order valence-electron chi connectivity index (χ4n) is 1.62. The number of methoxy groups -OCH3 is 2. The lowest BCUT2D eigenvalue weighted by atomic mass is 10.2. The van der Waals surface area contributed by atoms with Crippen molar-refractivity contribution in [1.82, 2.24) is 4.98 Å². The number of carbonyl (C=O) groups excluding carboxylic acids is 1. The van der Waals surface area contributed by atoms with Crippen LogP contribution in [0.3, 0.4) is 0 Å². The SMILES string of the molecule is COc1ccc(NC(=O)c2cccc(Br)n2)c(OC)c1. The first-order chi connectivity index (χ1) is 9.63. The first-order valence-corrected chi connectivity index (χ1v) is 6.59. The monoisotopic (exact) mass is 336 g/mol. The highest BCUT2D eigenvalue weighted by Gasteiger charge is 2.12. The molecule has 0 radical (unpaired) electrons. The lowest BCUT2D eigenvalue weighted by Gasteiger charge is -2.11. The number of rotatable bonds is 4. The van der Waals surface area contributed by atoms with Crippen LogP contribution in [0.15, 0.2) is 41.0 Å². The van der Waals surface area contributed by atoms with Gasteiger partial charge in [-0.1, -0.05) is 6.07 Å². The summed E-state index contributed by atoms with van der Waals surface area (Å²) in [5.74, 6) is 0.864. The van der Waals surface area contributed by atoms with E-state index in [2.05, 4.69) is 26.2 Å². The highest BCUT2D eigenvalue weighted by atomic mass is 79.9. The van der Waals surface area contributed by atoms with E-state index in [0.717, 1.165) is 0 Å². The van der Waals surface area contributed by atoms with Gasteiger partial charge in [0.15, 0.2) is 0 Å². The van der Waals surface area contributed by atoms with Crippen molar-refractivity contribution in [1.29, 1.82) is 0 Å². The maximum Gasteiger partial charge on any atom is 0.274 e. The van der Waals surface area contributed by atoms with Crippen molar-refractivity contribution < 1.29 is 14.3 Å². The second-order valence-electron chi connectivity index (χ2n) is 3.87. The Kier molecular flexibility index (Phi) is 4.57. The molecule has 1 amide bonds. The number of anilines is 1. The van der Waals surface area contributed by atoms with Crippen LogP contribution in [-0.4, -0.2) is 25.1 Å². The van der Waals surface area contributed by atoms with Gasteiger partial charge in [-0.15, -0.1) is 0 Å². The minimum atomic E-state index is -0.310. The van der Waals surface area contributed by atoms with E-state index >= 15 is 0 Å². The van der Waals surface area contributed by atoms with Gasteiger partial charge in [-0.05, 0) is 40.2 Å². The number of nitrogens with one attached hydrogen (secondary N) is 1. The lowest BCUT2D eigenvalue weighted by molar-refractivity contribution is 0.102. The number of aromatic nitrogens is 1. The summed E-state index contributed by atoms with van der Waals surface area (Å²) in [5.41, 5.74) is 0.873. The van der Waals surface area contributed by atoms with Crippen molar-refractivity contribution in [2.24, 2.45) is 0 Å². The number of hydrogen-bond acceptors (Lipinski definition) is 4. The van der Waals surface area contributed by atoms with Crippen molar-refractivity contribution in [3.8, 4) is 11.5 Å². The molecule has 0 aliphatic heterocycles. The Morgan fingerprint density at radius 3 is 2.65 bits per heavy atom. The third kappa shape index (κ3) is 3.27. The minimum absolute atomic E-state index is 0.310. The summed E-state index contributed by atoms with van der Waals surface area (Å²) in [6.07, 6.45) is 0. The third-order valence-electron chi connectivity index (χ3n) is 2.60. The van der Waals surface area contributed by atoms with E-state index < -0.39 is 0 Å². The van der Waals surface area contributed by atoms with Gasteiger partial charge < -0.3 is 14.8 Å². The average molecular weight is 337 g/mol. The molecular formula is C14H13BrN2O3. The summed E-state index contributed by atoms with van der Waals surface area (Å²) in [6.45, 7) is 0. The number of nitrogens with zero attached hydrogens (tertiary/aromatic N) is 1. The zero-order chi connectivity index (χ0) is 14.5. The molecular weight excluding hydrogens is 324 g/mol. The van der Waals surface area contributed by atoms with Crippen LogP contribution in [0.5, 0.6) is 11.5 Å². The van der Waals surface area contributed by atoms with Crippen molar-refractivity contribution in [2.45, 2.75) is 0 Å². The Hall–Kier alpha value is -2.08. The van der Waals surface area contributed by atoms with Gasteiger partial charge in [0.05, 0.1) is 19.9 Å². The number of hydrogen-bond donors (Lipinski definition) is 1. The van der Waals surface area contributed by atoms with E-state index in [1.54, 1.807) is 43.5 Å². The van der Waals surface area contributed by atoms with Gasteiger partial charge in [0.2, 0.25) is 0 Å². The van der Waals surface area contributed by atoms with Crippen LogP contribution < -0.4 is 14.8 Å². The molecule has 0 aliphatic carbocycles. The molecule has 0 bridgehead atoms. The summed E-state index contributed by atoms with van der Waals surface area (Å²) in [6, 6.07) is 10.3. The largest absolute Gasteiger partial charge is 0.497 e. The Balaban J connectivity index is 2.23. The molecule has 20 heavy (non-hydrogen) atoms. The maximum absolute atomic E-state index is 12.1. The standard InChI is InChI=1S/C14H13BrN2O3/c1-19-9-6-7-10(12(8-9)20-2)17-14(18)11-4-3-5-13(15)16-11/h3-8H,1-2H3,(H,17,18). The number of carbonyl (C=O) groups is 1. The third-order valence-corrected chi connectivity index (χ3v) is 3.05. The molecule has 0 spiro atoms. The highest BCUT2D eigenvalue weighted by molar-refractivity contribution is 9.10. The topological polar surface area (TPSA) is 60.5 Å². The Morgan fingerprint density at radius 1 is 1.20 bits per heavy atom. The zero-order valence-electron chi connectivity index (χ0n) is 11.0. The van der Waals surface area contributed by atoms with E-state index in [1.165, 1.54) is 7.11 Å². The molecule has 1 aromatic heterocycles. The van der Waals surface area contributed by atoms with Crippen molar-refractivity contribution in [3.63, 3.8) is 0 Å². The van der Waals surface area contributed by atoms with Crippen LogP contribution in [-0.2, 0) is 0 Å². The fraction of sp³-hybridized carbons (Fsp3) is 0.143. The molecule has 2 aromatic rings. The number of halogens is 1. The van der Waals surface area contributed by atoms with E-state index in [4.69, 9.17) is 9.47 Å². The van der Waals surface area contributed by atoms with Gasteiger partial charge in [0.25, 0.3) is 5.91 Å². The van der Waals surface area contributed by atoms with E-state index in [1.807, 2.05) is 0 Å². The number of pyridine rings is 1. The predicted octanol–water partition coefficient (Wildman–Crippen LogP) is 3.11. The summed E-state index contributed by atoms with van der Waals surface area (Å²) >= 11 is 3.23. The van der Waals surface area contributed by atoms with Crippen LogP contribution in [0.1, 0.15) is 10.5 Å². The Morgan fingerprint density at radius 2 is 2.00 bits per heavy atom. The first-order valence-electron chi connectivity index (χ1n) is 5.80. The molecule has 0 fully saturated rings. The molecule has 1 aromatic carbocycles. The van der Waals surface area contributed by atoms with E-state index in [9.17, 15) is 4.79 Å².